The van der Waals surface area contributed by atoms with Crippen LogP contribution in [0.4, 0.5) is 0 Å². The highest BCUT2D eigenvalue weighted by molar-refractivity contribution is 5.23. The van der Waals surface area contributed by atoms with Crippen LogP contribution >= 0.6 is 0 Å². The molecule has 0 amide bonds. The third kappa shape index (κ3) is 3.49. The van der Waals surface area contributed by atoms with E-state index in [1.54, 1.807) is 6.07 Å². The molecule has 2 nitrogen and oxygen atoms in total. The van der Waals surface area contributed by atoms with Crippen LogP contribution in [0.2, 0.25) is 0 Å². The standard InChI is InChI=1S/C19H29NO/c21-19(17-9-3-1-4-10-17,18-11-5-2-6-12-18)13-16-20-14-7-8-15-20/h1,3-4,9-10,18,21H,2,5-8,11-16H2/i2D2,5D2,6D2,11D2,12D2,18D. The van der Waals surface area contributed by atoms with Crippen LogP contribution in [0.5, 0.6) is 0 Å². The van der Waals surface area contributed by atoms with Crippen LogP contribution in [0.1, 0.15) is 71.8 Å². The van der Waals surface area contributed by atoms with Crippen LogP contribution in [0.15, 0.2) is 30.3 Å². The number of aliphatic hydroxyl groups is 1. The minimum Gasteiger partial charge on any atom is -0.385 e. The second-order valence-electron chi connectivity index (χ2n) is 5.53. The van der Waals surface area contributed by atoms with Crippen molar-refractivity contribution in [1.82, 2.24) is 4.90 Å². The van der Waals surface area contributed by atoms with E-state index in [2.05, 4.69) is 0 Å². The first-order valence-electron chi connectivity index (χ1n) is 12.9. The van der Waals surface area contributed by atoms with Gasteiger partial charge in [0.15, 0.2) is 0 Å². The molecule has 2 fully saturated rings. The SMILES string of the molecule is [2H]C1([2H])C([2H])([2H])C([2H])([2H])C([2H])(C(O)(CCN2CCCC2)c2ccccc2)C([2H])([2H])C1([2H])[2H]. The quantitative estimate of drug-likeness (QED) is 0.890. The number of hydrogen-bond donors (Lipinski definition) is 1. The molecular weight excluding hydrogens is 258 g/mol. The lowest BCUT2D eigenvalue weighted by molar-refractivity contribution is -0.0510. The molecule has 2 aliphatic rings. The zero-order valence-corrected chi connectivity index (χ0v) is 12.0. The Labute approximate surface area is 144 Å². The molecule has 0 spiro atoms. The van der Waals surface area contributed by atoms with E-state index in [0.29, 0.717) is 13.1 Å². The van der Waals surface area contributed by atoms with Crippen molar-refractivity contribution in [3.63, 3.8) is 0 Å². The third-order valence-corrected chi connectivity index (χ3v) is 4.15. The predicted octanol–water partition coefficient (Wildman–Crippen LogP) is 3.94. The average Bonchev–Trinajstić information content (AvgIpc) is 3.24. The van der Waals surface area contributed by atoms with Crippen LogP contribution in [-0.4, -0.2) is 29.6 Å². The first kappa shape index (κ1) is 6.72. The molecule has 1 saturated carbocycles. The maximum absolute atomic E-state index is 12.0. The Morgan fingerprint density at radius 3 is 2.48 bits per heavy atom. The van der Waals surface area contributed by atoms with Gasteiger partial charge in [0.1, 0.15) is 0 Å². The lowest BCUT2D eigenvalue weighted by Gasteiger charge is -2.40. The molecule has 1 aromatic rings. The number of benzene rings is 1. The fraction of sp³-hybridized carbons (Fsp3) is 0.684. The number of likely N-dealkylation sites (tertiary alicyclic amines) is 1. The molecule has 1 aromatic carbocycles. The van der Waals surface area contributed by atoms with E-state index < -0.39 is 43.4 Å². The molecular formula is C19H29NO. The first-order valence-corrected chi connectivity index (χ1v) is 7.44. The molecule has 3 rings (SSSR count). The fourth-order valence-corrected chi connectivity index (χ4v) is 2.91. The third-order valence-electron chi connectivity index (χ3n) is 4.15. The highest BCUT2D eigenvalue weighted by atomic mass is 16.3. The van der Waals surface area contributed by atoms with Gasteiger partial charge in [-0.1, -0.05) is 49.5 Å². The van der Waals surface area contributed by atoms with Gasteiger partial charge in [0.2, 0.25) is 0 Å². The summed E-state index contributed by atoms with van der Waals surface area (Å²) in [5.74, 6) is -3.44. The molecule has 116 valence electrons. The second kappa shape index (κ2) is 6.93. The van der Waals surface area contributed by atoms with Gasteiger partial charge in [-0.3, -0.25) is 0 Å². The summed E-state index contributed by atoms with van der Waals surface area (Å²) >= 11 is 0. The Kier molecular flexibility index (Phi) is 2.22. The van der Waals surface area contributed by atoms with Crippen molar-refractivity contribution < 1.29 is 20.2 Å². The van der Waals surface area contributed by atoms with Gasteiger partial charge in [-0.15, -0.1) is 0 Å². The molecule has 0 aromatic heterocycles. The van der Waals surface area contributed by atoms with Gasteiger partial charge in [0.05, 0.1) is 5.60 Å². The van der Waals surface area contributed by atoms with Crippen LogP contribution < -0.4 is 0 Å². The summed E-state index contributed by atoms with van der Waals surface area (Å²) in [6.45, 7) is 1.58. The largest absolute Gasteiger partial charge is 0.385 e. The highest BCUT2D eigenvalue weighted by Gasteiger charge is 2.38. The van der Waals surface area contributed by atoms with Crippen molar-refractivity contribution in [3.05, 3.63) is 35.9 Å². The number of nitrogens with zero attached hydrogens (tertiary/aromatic N) is 1. The monoisotopic (exact) mass is 298 g/mol. The molecule has 1 atom stereocenters. The molecule has 1 N–H and O–H groups in total. The lowest BCUT2D eigenvalue weighted by atomic mass is 9.71. The Morgan fingerprint density at radius 2 is 1.81 bits per heavy atom. The number of rotatable bonds is 5. The summed E-state index contributed by atoms with van der Waals surface area (Å²) in [7, 11) is 0. The van der Waals surface area contributed by atoms with Gasteiger partial charge < -0.3 is 10.0 Å². The molecule has 2 heteroatoms. The van der Waals surface area contributed by atoms with Crippen molar-refractivity contribution in [2.45, 2.75) is 56.7 Å². The summed E-state index contributed by atoms with van der Waals surface area (Å²) in [5.41, 5.74) is -2.71. The Morgan fingerprint density at radius 1 is 1.14 bits per heavy atom. The van der Waals surface area contributed by atoms with Crippen molar-refractivity contribution >= 4 is 0 Å². The topological polar surface area (TPSA) is 23.5 Å². The van der Waals surface area contributed by atoms with Crippen LogP contribution in [0, 0.1) is 5.89 Å². The maximum Gasteiger partial charge on any atom is 0.0936 e. The molecule has 0 bridgehead atoms. The fourth-order valence-electron chi connectivity index (χ4n) is 2.91. The average molecular weight is 299 g/mol. The summed E-state index contributed by atoms with van der Waals surface area (Å²) in [6, 6.07) is 7.38. The lowest BCUT2D eigenvalue weighted by Crippen LogP contribution is -2.39. The first-order chi connectivity index (χ1) is 14.4. The van der Waals surface area contributed by atoms with Crippen molar-refractivity contribution in [1.29, 1.82) is 0 Å². The summed E-state index contributed by atoms with van der Waals surface area (Å²) in [6.07, 6.45) is -16.6. The van der Waals surface area contributed by atoms with Crippen molar-refractivity contribution in [3.8, 4) is 0 Å². The van der Waals surface area contributed by atoms with E-state index in [9.17, 15) is 5.11 Å². The zero-order valence-electron chi connectivity index (χ0n) is 23.0. The Bertz CT molecular complexity index is 809. The van der Waals surface area contributed by atoms with E-state index in [4.69, 9.17) is 15.1 Å². The van der Waals surface area contributed by atoms with Crippen molar-refractivity contribution in [2.24, 2.45) is 5.89 Å². The van der Waals surface area contributed by atoms with Gasteiger partial charge in [-0.2, -0.15) is 0 Å². The maximum atomic E-state index is 12.0. The minimum absolute atomic E-state index is 0.0454. The summed E-state index contributed by atoms with van der Waals surface area (Å²) in [4.78, 5) is 1.97. The highest BCUT2D eigenvalue weighted by Crippen LogP contribution is 2.41. The van der Waals surface area contributed by atoms with Gasteiger partial charge in [-0.05, 0) is 56.6 Å². The van der Waals surface area contributed by atoms with Crippen LogP contribution in [-0.2, 0) is 5.60 Å². The van der Waals surface area contributed by atoms with E-state index in [0.717, 1.165) is 12.8 Å². The van der Waals surface area contributed by atoms with Gasteiger partial charge in [-0.25, -0.2) is 0 Å². The predicted molar refractivity (Wildman–Crippen MR) is 87.2 cm³/mol. The van der Waals surface area contributed by atoms with E-state index in [1.165, 1.54) is 24.3 Å². The smallest absolute Gasteiger partial charge is 0.0936 e. The normalized spacial score (nSPS) is 45.3. The van der Waals surface area contributed by atoms with Crippen LogP contribution in [0.3, 0.4) is 0 Å². The van der Waals surface area contributed by atoms with E-state index >= 15 is 0 Å². The summed E-state index contributed by atoms with van der Waals surface area (Å²) in [5, 5.41) is 12.0. The van der Waals surface area contributed by atoms with E-state index in [-0.39, 0.29) is 18.5 Å². The molecule has 1 saturated heterocycles. The van der Waals surface area contributed by atoms with E-state index in [1.807, 2.05) is 4.90 Å². The molecule has 1 unspecified atom stereocenters. The van der Waals surface area contributed by atoms with Crippen LogP contribution in [0.25, 0.3) is 0 Å². The summed E-state index contributed by atoms with van der Waals surface area (Å²) < 4.78 is 92.3. The number of hydrogen-bond acceptors (Lipinski definition) is 2. The van der Waals surface area contributed by atoms with Gasteiger partial charge >= 0.3 is 0 Å². The molecule has 1 heterocycles. The Balaban J connectivity index is 2.29. The Hall–Kier alpha value is -0.860. The minimum atomic E-state index is -3.63. The van der Waals surface area contributed by atoms with Gasteiger partial charge in [0, 0.05) is 21.6 Å². The molecule has 0 radical (unpaired) electrons. The second-order valence-corrected chi connectivity index (χ2v) is 5.53. The van der Waals surface area contributed by atoms with Crippen molar-refractivity contribution in [2.75, 3.05) is 19.6 Å². The zero-order chi connectivity index (χ0) is 24.4. The molecule has 1 aliphatic carbocycles. The molecule has 1 aliphatic heterocycles. The molecule has 21 heavy (non-hydrogen) atoms. The van der Waals surface area contributed by atoms with Gasteiger partial charge in [0.25, 0.3) is 0 Å².